The molecule has 16 nitrogen and oxygen atoms in total. The Kier molecular flexibility index (Phi) is 12.9. The molecule has 8 rings (SSSR count). The van der Waals surface area contributed by atoms with Crippen molar-refractivity contribution < 1.29 is 38.1 Å². The van der Waals surface area contributed by atoms with E-state index in [0.29, 0.717) is 33.8 Å². The number of benzene rings is 4. The summed E-state index contributed by atoms with van der Waals surface area (Å²) in [6, 6.07) is 28.9. The second kappa shape index (κ2) is 18.9. The lowest BCUT2D eigenvalue weighted by Gasteiger charge is -2.40. The fraction of sp³-hybridized carbons (Fsp3) is 0.360. The third-order valence-corrected chi connectivity index (χ3v) is 10.9. The van der Waals surface area contributed by atoms with Crippen molar-refractivity contribution in [1.82, 2.24) is 39.5 Å². The van der Waals surface area contributed by atoms with Gasteiger partial charge in [-0.25, -0.2) is 29.1 Å². The summed E-state index contributed by atoms with van der Waals surface area (Å²) < 4.78 is 22.8. The average molecular weight is 895 g/mol. The first-order chi connectivity index (χ1) is 31.5. The molecule has 0 bridgehead atoms. The van der Waals surface area contributed by atoms with E-state index >= 15 is 0 Å². The lowest BCUT2D eigenvalue weighted by atomic mass is 10.1. The fourth-order valence-corrected chi connectivity index (χ4v) is 7.73. The van der Waals surface area contributed by atoms with Crippen LogP contribution in [0.5, 0.6) is 0 Å². The Hall–Kier alpha value is -7.54. The molecule has 4 heterocycles. The monoisotopic (exact) mass is 894 g/mol. The standard InChI is InChI=1S/C50H54N8O8/c1-49(2,3)65-45(59)55-23-25-57(47(61)63-31-35-13-9-7-10-14-35)41(29-55)43-51-37-21-19-33(27-39(37)53-43)17-18-34-20-22-38-40(28-34)54-44(52-38)42-30-56(46(60)66-50(4,5)6)24-26-58(42)48(62)64-32-36-15-11-8-12-16-36/h7-16,19-22,27-28,41-42H,23-26,29-32H2,1-6H3,(H,51,53)(H,52,54)/t41-,42?/m0/s1. The lowest BCUT2D eigenvalue weighted by molar-refractivity contribution is -0.000390. The van der Waals surface area contributed by atoms with Gasteiger partial charge in [-0.05, 0) is 89.1 Å². The number of aromatic nitrogens is 4. The van der Waals surface area contributed by atoms with Gasteiger partial charge in [0.25, 0.3) is 0 Å². The summed E-state index contributed by atoms with van der Waals surface area (Å²) in [6.45, 7) is 12.4. The number of nitrogens with zero attached hydrogens (tertiary/aromatic N) is 6. The van der Waals surface area contributed by atoms with Gasteiger partial charge in [0.05, 0.1) is 35.2 Å². The zero-order valence-electron chi connectivity index (χ0n) is 38.0. The molecule has 2 aromatic heterocycles. The summed E-state index contributed by atoms with van der Waals surface area (Å²) in [6.07, 6.45) is -1.97. The molecule has 2 N–H and O–H groups in total. The number of H-pyrrole nitrogens is 2. The Morgan fingerprint density at radius 1 is 0.561 bits per heavy atom. The largest absolute Gasteiger partial charge is 0.445 e. The van der Waals surface area contributed by atoms with E-state index in [-0.39, 0.29) is 52.5 Å². The minimum absolute atomic E-state index is 0.106. The van der Waals surface area contributed by atoms with Gasteiger partial charge in [0.1, 0.15) is 48.1 Å². The van der Waals surface area contributed by atoms with Gasteiger partial charge in [0.2, 0.25) is 0 Å². The molecule has 4 aromatic carbocycles. The van der Waals surface area contributed by atoms with Crippen molar-refractivity contribution in [3.8, 4) is 11.8 Å². The van der Waals surface area contributed by atoms with E-state index in [1.807, 2.05) is 139 Å². The molecule has 0 radical (unpaired) electrons. The van der Waals surface area contributed by atoms with Crippen LogP contribution in [-0.2, 0) is 32.2 Å². The molecule has 0 saturated carbocycles. The van der Waals surface area contributed by atoms with Crippen molar-refractivity contribution in [2.75, 3.05) is 39.3 Å². The van der Waals surface area contributed by atoms with E-state index < -0.39 is 47.7 Å². The van der Waals surface area contributed by atoms with Crippen LogP contribution in [0.3, 0.4) is 0 Å². The van der Waals surface area contributed by atoms with Gasteiger partial charge in [-0.3, -0.25) is 9.80 Å². The number of aromatic amines is 2. The Morgan fingerprint density at radius 3 is 1.33 bits per heavy atom. The second-order valence-electron chi connectivity index (χ2n) is 18.3. The molecule has 4 amide bonds. The highest BCUT2D eigenvalue weighted by atomic mass is 16.6. The van der Waals surface area contributed by atoms with Crippen LogP contribution in [0.1, 0.15) is 87.5 Å². The summed E-state index contributed by atoms with van der Waals surface area (Å²) in [5.41, 5.74) is 4.49. The van der Waals surface area contributed by atoms with Crippen molar-refractivity contribution in [3.05, 3.63) is 131 Å². The van der Waals surface area contributed by atoms with Crippen LogP contribution < -0.4 is 0 Å². The summed E-state index contributed by atoms with van der Waals surface area (Å²) >= 11 is 0. The normalized spacial score (nSPS) is 16.7. The molecule has 0 aliphatic carbocycles. The Balaban J connectivity index is 1.01. The topological polar surface area (TPSA) is 176 Å². The molecule has 0 spiro atoms. The number of imidazole rings is 2. The number of ether oxygens (including phenoxy) is 4. The quantitative estimate of drug-likeness (QED) is 0.122. The van der Waals surface area contributed by atoms with Crippen LogP contribution in [0, 0.1) is 11.8 Å². The van der Waals surface area contributed by atoms with Gasteiger partial charge in [0.15, 0.2) is 0 Å². The molecule has 2 saturated heterocycles. The number of hydrogen-bond donors (Lipinski definition) is 2. The maximum Gasteiger partial charge on any atom is 0.410 e. The molecular formula is C50H54N8O8. The molecule has 2 fully saturated rings. The van der Waals surface area contributed by atoms with E-state index in [1.165, 1.54) is 0 Å². The maximum atomic E-state index is 13.6. The summed E-state index contributed by atoms with van der Waals surface area (Å²) in [5, 5.41) is 0. The molecule has 2 aliphatic rings. The van der Waals surface area contributed by atoms with Crippen LogP contribution in [-0.4, -0.2) is 114 Å². The van der Waals surface area contributed by atoms with Crippen molar-refractivity contribution in [1.29, 1.82) is 0 Å². The molecule has 66 heavy (non-hydrogen) atoms. The van der Waals surface area contributed by atoms with E-state index in [1.54, 1.807) is 19.6 Å². The van der Waals surface area contributed by atoms with Gasteiger partial charge >= 0.3 is 24.4 Å². The zero-order chi connectivity index (χ0) is 46.6. The number of hydrogen-bond acceptors (Lipinski definition) is 10. The van der Waals surface area contributed by atoms with Crippen molar-refractivity contribution >= 4 is 46.4 Å². The Bertz CT molecular complexity index is 2600. The third-order valence-electron chi connectivity index (χ3n) is 10.9. The van der Waals surface area contributed by atoms with Crippen molar-refractivity contribution in [3.63, 3.8) is 0 Å². The number of nitrogens with one attached hydrogen (secondary N) is 2. The maximum absolute atomic E-state index is 13.6. The molecule has 2 aliphatic heterocycles. The van der Waals surface area contributed by atoms with Crippen LogP contribution in [0.25, 0.3) is 22.1 Å². The Morgan fingerprint density at radius 2 is 0.955 bits per heavy atom. The first-order valence-electron chi connectivity index (χ1n) is 22.0. The minimum Gasteiger partial charge on any atom is -0.445 e. The molecule has 2 atom stereocenters. The summed E-state index contributed by atoms with van der Waals surface area (Å²) in [5.74, 6) is 7.48. The van der Waals surface area contributed by atoms with E-state index in [2.05, 4.69) is 21.8 Å². The zero-order valence-corrected chi connectivity index (χ0v) is 38.0. The van der Waals surface area contributed by atoms with Gasteiger partial charge in [-0.2, -0.15) is 0 Å². The van der Waals surface area contributed by atoms with Gasteiger partial charge in [0, 0.05) is 37.3 Å². The number of fused-ring (bicyclic) bond motifs is 2. The number of rotatable bonds is 6. The van der Waals surface area contributed by atoms with E-state index in [4.69, 9.17) is 28.9 Å². The van der Waals surface area contributed by atoms with Crippen LogP contribution in [0.2, 0.25) is 0 Å². The SMILES string of the molecule is CC(C)(C)OC(=O)N1CCN(C(=O)OCc2ccccc2)C(c2nc3cc(C#Cc4ccc5[nH]c([C@@H]6CN(C(=O)OC(C)(C)C)CCN6C(=O)OCc6ccccc6)nc5c4)ccc3[nH]2)C1. The highest BCUT2D eigenvalue weighted by Gasteiger charge is 2.39. The minimum atomic E-state index is -0.688. The molecular weight excluding hydrogens is 841 g/mol. The second-order valence-corrected chi connectivity index (χ2v) is 18.3. The van der Waals surface area contributed by atoms with Gasteiger partial charge in [-0.15, -0.1) is 0 Å². The van der Waals surface area contributed by atoms with Gasteiger partial charge < -0.3 is 38.7 Å². The number of piperazine rings is 2. The highest BCUT2D eigenvalue weighted by Crippen LogP contribution is 2.30. The number of carbonyl (C=O) groups is 4. The molecule has 6 aromatic rings. The average Bonchev–Trinajstić information content (AvgIpc) is 3.93. The third kappa shape index (κ3) is 11.0. The predicted octanol–water partition coefficient (Wildman–Crippen LogP) is 8.70. The number of carbonyl (C=O) groups excluding carboxylic acids is 4. The van der Waals surface area contributed by atoms with Crippen molar-refractivity contribution in [2.24, 2.45) is 0 Å². The smallest absolute Gasteiger partial charge is 0.410 e. The van der Waals surface area contributed by atoms with E-state index in [9.17, 15) is 19.2 Å². The van der Waals surface area contributed by atoms with E-state index in [0.717, 1.165) is 22.2 Å². The lowest BCUT2D eigenvalue weighted by Crippen LogP contribution is -2.53. The van der Waals surface area contributed by atoms with Crippen LogP contribution >= 0.6 is 0 Å². The fourth-order valence-electron chi connectivity index (χ4n) is 7.73. The number of amides is 4. The predicted molar refractivity (Wildman–Crippen MR) is 246 cm³/mol. The highest BCUT2D eigenvalue weighted by molar-refractivity contribution is 5.80. The molecule has 342 valence electrons. The summed E-state index contributed by atoms with van der Waals surface area (Å²) in [4.78, 5) is 76.4. The van der Waals surface area contributed by atoms with Gasteiger partial charge in [-0.1, -0.05) is 72.5 Å². The summed E-state index contributed by atoms with van der Waals surface area (Å²) in [7, 11) is 0. The van der Waals surface area contributed by atoms with Crippen LogP contribution in [0.15, 0.2) is 97.1 Å². The van der Waals surface area contributed by atoms with Crippen LogP contribution in [0.4, 0.5) is 19.2 Å². The molecule has 1 unspecified atom stereocenters. The Labute approximate surface area is 383 Å². The first kappa shape index (κ1) is 45.0. The molecule has 16 heteroatoms. The first-order valence-corrected chi connectivity index (χ1v) is 22.0. The van der Waals surface area contributed by atoms with Crippen molar-refractivity contribution in [2.45, 2.75) is 78.0 Å².